The van der Waals surface area contributed by atoms with Crippen molar-refractivity contribution in [2.75, 3.05) is 6.61 Å². The van der Waals surface area contributed by atoms with Gasteiger partial charge < -0.3 is 9.26 Å². The number of aryl methyl sites for hydroxylation is 3. The average Bonchev–Trinajstić information content (AvgIpc) is 2.83. The van der Waals surface area contributed by atoms with Gasteiger partial charge in [0.15, 0.2) is 0 Å². The molecule has 22 heavy (non-hydrogen) atoms. The molecule has 1 aromatic heterocycles. The summed E-state index contributed by atoms with van der Waals surface area (Å²) < 4.78 is 10.9. The summed E-state index contributed by atoms with van der Waals surface area (Å²) in [6.07, 6.45) is 2.67. The molecule has 0 saturated carbocycles. The molecular weight excluding hydrogens is 276 g/mol. The Morgan fingerprint density at radius 3 is 2.73 bits per heavy atom. The first-order chi connectivity index (χ1) is 10.6. The fraction of sp³-hybridized carbons (Fsp3) is 0.444. The summed E-state index contributed by atoms with van der Waals surface area (Å²) in [5.41, 5.74) is 2.96. The van der Waals surface area contributed by atoms with E-state index in [2.05, 4.69) is 11.2 Å². The van der Waals surface area contributed by atoms with Crippen LogP contribution in [0.4, 0.5) is 0 Å². The van der Waals surface area contributed by atoms with Gasteiger partial charge >= 0.3 is 0 Å². The van der Waals surface area contributed by atoms with Gasteiger partial charge in [-0.3, -0.25) is 0 Å². The number of benzene rings is 1. The lowest BCUT2D eigenvalue weighted by atomic mass is 9.93. The van der Waals surface area contributed by atoms with Crippen LogP contribution in [0.25, 0.3) is 0 Å². The molecule has 0 aliphatic heterocycles. The van der Waals surface area contributed by atoms with Gasteiger partial charge in [0.2, 0.25) is 0 Å². The molecule has 0 aliphatic carbocycles. The van der Waals surface area contributed by atoms with Crippen LogP contribution in [-0.4, -0.2) is 11.8 Å². The maximum Gasteiger partial charge on any atom is 0.138 e. The summed E-state index contributed by atoms with van der Waals surface area (Å²) >= 11 is 0. The molecule has 0 fully saturated rings. The van der Waals surface area contributed by atoms with Crippen LogP contribution in [0.5, 0.6) is 5.75 Å². The van der Waals surface area contributed by atoms with Crippen molar-refractivity contribution in [2.24, 2.45) is 0 Å². The second-order valence-corrected chi connectivity index (χ2v) is 5.58. The zero-order chi connectivity index (χ0) is 15.9. The van der Waals surface area contributed by atoms with E-state index in [0.717, 1.165) is 42.0 Å². The third-order valence-corrected chi connectivity index (χ3v) is 3.74. The standard InChI is InChI=1S/C18H22N2O2/c1-13-7-6-9-17(11-13)21-10-5-4-8-16(12-19)18-14(2)20-22-15(18)3/h6-7,9,11,16H,4-5,8,10H2,1-3H3. The predicted molar refractivity (Wildman–Crippen MR) is 84.9 cm³/mol. The Labute approximate surface area is 131 Å². The van der Waals surface area contributed by atoms with Crippen molar-refractivity contribution < 1.29 is 9.26 Å². The highest BCUT2D eigenvalue weighted by atomic mass is 16.5. The second-order valence-electron chi connectivity index (χ2n) is 5.58. The molecule has 1 atom stereocenters. The van der Waals surface area contributed by atoms with Crippen LogP contribution in [0.3, 0.4) is 0 Å². The summed E-state index contributed by atoms with van der Waals surface area (Å²) in [6, 6.07) is 10.4. The monoisotopic (exact) mass is 298 g/mol. The van der Waals surface area contributed by atoms with Gasteiger partial charge in [-0.25, -0.2) is 0 Å². The molecule has 1 unspecified atom stereocenters. The molecule has 116 valence electrons. The van der Waals surface area contributed by atoms with Crippen molar-refractivity contribution in [3.63, 3.8) is 0 Å². The Hall–Kier alpha value is -2.28. The average molecular weight is 298 g/mol. The lowest BCUT2D eigenvalue weighted by Gasteiger charge is -2.09. The summed E-state index contributed by atoms with van der Waals surface area (Å²) in [5.74, 6) is 1.51. The minimum Gasteiger partial charge on any atom is -0.494 e. The van der Waals surface area contributed by atoms with Crippen molar-refractivity contribution in [3.05, 3.63) is 46.8 Å². The highest BCUT2D eigenvalue weighted by Gasteiger charge is 2.19. The van der Waals surface area contributed by atoms with Gasteiger partial charge in [-0.15, -0.1) is 0 Å². The Kier molecular flexibility index (Phi) is 5.60. The van der Waals surface area contributed by atoms with Crippen molar-refractivity contribution in [1.82, 2.24) is 5.16 Å². The Morgan fingerprint density at radius 2 is 2.09 bits per heavy atom. The van der Waals surface area contributed by atoms with E-state index in [9.17, 15) is 5.26 Å². The highest BCUT2D eigenvalue weighted by molar-refractivity contribution is 5.30. The lowest BCUT2D eigenvalue weighted by molar-refractivity contribution is 0.304. The Morgan fingerprint density at radius 1 is 1.27 bits per heavy atom. The SMILES string of the molecule is Cc1cccc(OCCCCC(C#N)c2c(C)noc2C)c1. The second kappa shape index (κ2) is 7.65. The van der Waals surface area contributed by atoms with Crippen molar-refractivity contribution in [3.8, 4) is 11.8 Å². The Bertz CT molecular complexity index is 636. The van der Waals surface area contributed by atoms with Crippen LogP contribution >= 0.6 is 0 Å². The molecule has 0 amide bonds. The molecule has 4 heteroatoms. The van der Waals surface area contributed by atoms with E-state index in [1.54, 1.807) is 0 Å². The van der Waals surface area contributed by atoms with Gasteiger partial charge in [0.1, 0.15) is 11.5 Å². The molecular formula is C18H22N2O2. The highest BCUT2D eigenvalue weighted by Crippen LogP contribution is 2.27. The first-order valence-corrected chi connectivity index (χ1v) is 7.63. The number of ether oxygens (including phenoxy) is 1. The molecule has 0 bridgehead atoms. The summed E-state index contributed by atoms with van der Waals surface area (Å²) in [4.78, 5) is 0. The normalized spacial score (nSPS) is 11.9. The molecule has 1 aromatic carbocycles. The van der Waals surface area contributed by atoms with E-state index in [1.165, 1.54) is 5.56 Å². The van der Waals surface area contributed by atoms with Gasteiger partial charge in [0, 0.05) is 5.56 Å². The van der Waals surface area contributed by atoms with Crippen LogP contribution in [0.15, 0.2) is 28.8 Å². The molecule has 0 aliphatic rings. The van der Waals surface area contributed by atoms with E-state index in [0.29, 0.717) is 6.61 Å². The fourth-order valence-corrected chi connectivity index (χ4v) is 2.61. The smallest absolute Gasteiger partial charge is 0.138 e. The maximum absolute atomic E-state index is 9.36. The van der Waals surface area contributed by atoms with Gasteiger partial charge in [-0.1, -0.05) is 17.3 Å². The quantitative estimate of drug-likeness (QED) is 0.708. The molecule has 1 heterocycles. The summed E-state index contributed by atoms with van der Waals surface area (Å²) in [5, 5.41) is 13.3. The molecule has 0 N–H and O–H groups in total. The van der Waals surface area contributed by atoms with E-state index in [-0.39, 0.29) is 5.92 Å². The first kappa shape index (κ1) is 16.1. The van der Waals surface area contributed by atoms with Gasteiger partial charge in [-0.05, 0) is 57.7 Å². The van der Waals surface area contributed by atoms with E-state index < -0.39 is 0 Å². The van der Waals surface area contributed by atoms with Crippen LogP contribution < -0.4 is 4.74 Å². The Balaban J connectivity index is 1.77. The van der Waals surface area contributed by atoms with Crippen LogP contribution in [0.1, 0.15) is 47.8 Å². The lowest BCUT2D eigenvalue weighted by Crippen LogP contribution is -2.02. The number of nitrogens with zero attached hydrogens (tertiary/aromatic N) is 2. The zero-order valence-electron chi connectivity index (χ0n) is 13.4. The largest absolute Gasteiger partial charge is 0.494 e. The molecule has 2 aromatic rings. The number of aromatic nitrogens is 1. The first-order valence-electron chi connectivity index (χ1n) is 7.63. The number of nitriles is 1. The molecule has 4 nitrogen and oxygen atoms in total. The summed E-state index contributed by atoms with van der Waals surface area (Å²) in [6.45, 7) is 6.47. The number of rotatable bonds is 7. The van der Waals surface area contributed by atoms with Crippen molar-refractivity contribution in [1.29, 1.82) is 5.26 Å². The van der Waals surface area contributed by atoms with Gasteiger partial charge in [-0.2, -0.15) is 5.26 Å². The van der Waals surface area contributed by atoms with Gasteiger partial charge in [0.05, 0.1) is 24.3 Å². The van der Waals surface area contributed by atoms with E-state index in [1.807, 2.05) is 45.0 Å². The zero-order valence-corrected chi connectivity index (χ0v) is 13.4. The molecule has 0 radical (unpaired) electrons. The minimum atomic E-state index is -0.148. The third-order valence-electron chi connectivity index (χ3n) is 3.74. The predicted octanol–water partition coefficient (Wildman–Crippen LogP) is 4.46. The molecule has 0 spiro atoms. The van der Waals surface area contributed by atoms with Crippen molar-refractivity contribution in [2.45, 2.75) is 46.0 Å². The summed E-state index contributed by atoms with van der Waals surface area (Å²) in [7, 11) is 0. The van der Waals surface area contributed by atoms with Gasteiger partial charge in [0.25, 0.3) is 0 Å². The van der Waals surface area contributed by atoms with E-state index >= 15 is 0 Å². The number of hydrogen-bond acceptors (Lipinski definition) is 4. The van der Waals surface area contributed by atoms with Crippen LogP contribution in [0.2, 0.25) is 0 Å². The number of hydrogen-bond donors (Lipinski definition) is 0. The minimum absolute atomic E-state index is 0.148. The maximum atomic E-state index is 9.36. The van der Waals surface area contributed by atoms with Crippen LogP contribution in [0, 0.1) is 32.1 Å². The van der Waals surface area contributed by atoms with E-state index in [4.69, 9.17) is 9.26 Å². The number of unbranched alkanes of at least 4 members (excludes halogenated alkanes) is 1. The third kappa shape index (κ3) is 4.11. The fourth-order valence-electron chi connectivity index (χ4n) is 2.61. The molecule has 2 rings (SSSR count). The topological polar surface area (TPSA) is 59.0 Å². The molecule has 0 saturated heterocycles. The van der Waals surface area contributed by atoms with Crippen LogP contribution in [-0.2, 0) is 0 Å². The van der Waals surface area contributed by atoms with Crippen molar-refractivity contribution >= 4 is 0 Å².